The summed E-state index contributed by atoms with van der Waals surface area (Å²) in [5.74, 6) is 0. The SMILES string of the molecule is CC(C)(C)c1ccc(Nc2cc3oc4ccccc4c3cc2-c2c3c4c(c5cc(C(C)(C)C)ccc5n4-c4cc5c(-c6ccccc6)coc5cc4B3)c3sc4ccccc4c23)cc1. The molecule has 0 unspecified atom stereocenters. The Morgan fingerprint density at radius 1 is 0.578 bits per heavy atom. The van der Waals surface area contributed by atoms with Crippen LogP contribution in [0.5, 0.6) is 0 Å². The Labute approximate surface area is 376 Å². The second kappa shape index (κ2) is 13.3. The van der Waals surface area contributed by atoms with Crippen molar-refractivity contribution < 1.29 is 8.83 Å². The number of thiophene rings is 1. The summed E-state index contributed by atoms with van der Waals surface area (Å²) in [5, 5.41) is 12.5. The third-order valence-electron chi connectivity index (χ3n) is 13.8. The predicted octanol–water partition coefficient (Wildman–Crippen LogP) is 15.2. The first-order valence-corrected chi connectivity index (χ1v) is 23.2. The number of nitrogens with one attached hydrogen (secondary N) is 1. The fourth-order valence-corrected chi connectivity index (χ4v) is 11.8. The van der Waals surface area contributed by atoms with Gasteiger partial charge in [-0.3, -0.25) is 0 Å². The Hall–Kier alpha value is -7.02. The Bertz CT molecular complexity index is 3910. The number of hydrogen-bond donors (Lipinski definition) is 1. The Morgan fingerprint density at radius 2 is 1.31 bits per heavy atom. The van der Waals surface area contributed by atoms with Gasteiger partial charge in [0.15, 0.2) is 7.28 Å². The smallest absolute Gasteiger partial charge is 0.198 e. The lowest BCUT2D eigenvalue weighted by Crippen LogP contribution is -2.37. The Kier molecular flexibility index (Phi) is 7.78. The summed E-state index contributed by atoms with van der Waals surface area (Å²) in [4.78, 5) is 0. The van der Waals surface area contributed by atoms with Crippen LogP contribution in [-0.4, -0.2) is 11.8 Å². The largest absolute Gasteiger partial charge is 0.464 e. The molecule has 1 aliphatic rings. The van der Waals surface area contributed by atoms with Crippen LogP contribution in [0.25, 0.3) is 103 Å². The summed E-state index contributed by atoms with van der Waals surface area (Å²) in [6.07, 6.45) is 1.93. The third kappa shape index (κ3) is 5.48. The first-order chi connectivity index (χ1) is 31.0. The highest BCUT2D eigenvalue weighted by atomic mass is 32.1. The van der Waals surface area contributed by atoms with Gasteiger partial charge in [0.25, 0.3) is 0 Å². The van der Waals surface area contributed by atoms with Crippen LogP contribution in [0.3, 0.4) is 0 Å². The lowest BCUT2D eigenvalue weighted by molar-refractivity contribution is 0.590. The molecular weight excluding hydrogens is 800 g/mol. The van der Waals surface area contributed by atoms with Gasteiger partial charge in [-0.25, -0.2) is 0 Å². The Balaban J connectivity index is 1.19. The number of anilines is 2. The fraction of sp³-hybridized carbons (Fsp3) is 0.138. The first kappa shape index (κ1) is 37.5. The van der Waals surface area contributed by atoms with Crippen LogP contribution in [-0.2, 0) is 10.8 Å². The average Bonchev–Trinajstić information content (AvgIpc) is 4.06. The standard InChI is InChI=1S/C58H45BN2O2S/c1-57(2,3)33-20-23-35(24-21-33)60-44-30-49-38(36-16-10-12-18-47(36)63-49)27-40(44)51-52-37-17-11-13-19-50(37)64-56(52)53-41-26-34(58(4,5)6)22-25-45(41)61-46-28-39-42(32-14-8-7-9-15-32)31-62-48(39)29-43(46)59-54(51)55(53)61/h7-31,59-60H,1-6H3. The minimum Gasteiger partial charge on any atom is -0.464 e. The average molecular weight is 845 g/mol. The third-order valence-corrected chi connectivity index (χ3v) is 15.0. The van der Waals surface area contributed by atoms with Gasteiger partial charge >= 0.3 is 0 Å². The van der Waals surface area contributed by atoms with Gasteiger partial charge < -0.3 is 18.7 Å². The molecule has 0 atom stereocenters. The molecule has 0 spiro atoms. The maximum Gasteiger partial charge on any atom is 0.198 e. The van der Waals surface area contributed by atoms with E-state index in [0.717, 1.165) is 68.3 Å². The highest BCUT2D eigenvalue weighted by Crippen LogP contribution is 2.50. The van der Waals surface area contributed by atoms with Crippen molar-refractivity contribution >= 4 is 116 Å². The van der Waals surface area contributed by atoms with Gasteiger partial charge in [0.05, 0.1) is 23.0 Å². The van der Waals surface area contributed by atoms with E-state index >= 15 is 0 Å². The number of fused-ring (bicyclic) bond motifs is 13. The van der Waals surface area contributed by atoms with E-state index in [1.54, 1.807) is 0 Å². The highest BCUT2D eigenvalue weighted by molar-refractivity contribution is 7.27. The van der Waals surface area contributed by atoms with Crippen LogP contribution in [0.2, 0.25) is 0 Å². The van der Waals surface area contributed by atoms with Crippen molar-refractivity contribution in [2.45, 2.75) is 52.4 Å². The topological polar surface area (TPSA) is 43.2 Å². The summed E-state index contributed by atoms with van der Waals surface area (Å²) < 4.78 is 18.3. The van der Waals surface area contributed by atoms with Crippen LogP contribution in [0, 0.1) is 0 Å². The summed E-state index contributed by atoms with van der Waals surface area (Å²) in [6.45, 7) is 13.8. The van der Waals surface area contributed by atoms with Gasteiger partial charge in [0.1, 0.15) is 16.7 Å². The van der Waals surface area contributed by atoms with Gasteiger partial charge in [0, 0.05) is 75.7 Å². The molecule has 4 aromatic heterocycles. The van der Waals surface area contributed by atoms with Gasteiger partial charge in [-0.15, -0.1) is 11.3 Å². The number of hydrogen-bond acceptors (Lipinski definition) is 4. The number of aromatic nitrogens is 1. The normalized spacial score (nSPS) is 13.0. The highest BCUT2D eigenvalue weighted by Gasteiger charge is 2.33. The van der Waals surface area contributed by atoms with Crippen molar-refractivity contribution in [2.75, 3.05) is 5.32 Å². The molecule has 4 nitrogen and oxygen atoms in total. The molecule has 0 radical (unpaired) electrons. The van der Waals surface area contributed by atoms with Crippen molar-refractivity contribution in [3.63, 3.8) is 0 Å². The second-order valence-corrected chi connectivity index (χ2v) is 20.9. The van der Waals surface area contributed by atoms with E-state index in [-0.39, 0.29) is 10.8 Å². The van der Waals surface area contributed by atoms with Gasteiger partial charge in [0.2, 0.25) is 0 Å². The number of nitrogens with zero attached hydrogens (tertiary/aromatic N) is 1. The molecule has 308 valence electrons. The molecule has 0 aliphatic carbocycles. The number of benzene rings is 8. The van der Waals surface area contributed by atoms with E-state index in [4.69, 9.17) is 8.83 Å². The van der Waals surface area contributed by atoms with Crippen molar-refractivity contribution in [3.05, 3.63) is 163 Å². The van der Waals surface area contributed by atoms with E-state index in [1.165, 1.54) is 75.3 Å². The van der Waals surface area contributed by atoms with Crippen LogP contribution < -0.4 is 16.2 Å². The summed E-state index contributed by atoms with van der Waals surface area (Å²) in [5.41, 5.74) is 18.3. The van der Waals surface area contributed by atoms with Crippen molar-refractivity contribution in [1.29, 1.82) is 0 Å². The molecule has 64 heavy (non-hydrogen) atoms. The molecule has 0 saturated heterocycles. The monoisotopic (exact) mass is 844 g/mol. The van der Waals surface area contributed by atoms with Crippen LogP contribution in [0.15, 0.2) is 161 Å². The van der Waals surface area contributed by atoms with Gasteiger partial charge in [-0.2, -0.15) is 0 Å². The molecule has 6 heteroatoms. The molecule has 0 fully saturated rings. The minimum atomic E-state index is -0.0231. The van der Waals surface area contributed by atoms with E-state index in [0.29, 0.717) is 0 Å². The van der Waals surface area contributed by atoms with Gasteiger partial charge in [-0.05, 0) is 93.1 Å². The molecule has 5 heterocycles. The quantitative estimate of drug-likeness (QED) is 0.180. The maximum atomic E-state index is 6.63. The lowest BCUT2D eigenvalue weighted by Gasteiger charge is -2.25. The maximum absolute atomic E-state index is 6.63. The zero-order valence-corrected chi connectivity index (χ0v) is 37.6. The van der Waals surface area contributed by atoms with Crippen molar-refractivity contribution in [1.82, 2.24) is 4.57 Å². The number of furan rings is 2. The zero-order valence-electron chi connectivity index (χ0n) is 36.8. The van der Waals surface area contributed by atoms with Crippen molar-refractivity contribution in [2.24, 2.45) is 0 Å². The fourth-order valence-electron chi connectivity index (χ4n) is 10.5. The van der Waals surface area contributed by atoms with E-state index in [2.05, 4.69) is 197 Å². The number of rotatable bonds is 4. The molecular formula is C58H45BN2O2S. The molecule has 0 saturated carbocycles. The Morgan fingerprint density at radius 3 is 2.11 bits per heavy atom. The van der Waals surface area contributed by atoms with E-state index in [9.17, 15) is 0 Å². The molecule has 12 aromatic rings. The second-order valence-electron chi connectivity index (χ2n) is 19.8. The van der Waals surface area contributed by atoms with E-state index in [1.807, 2.05) is 17.6 Å². The number of para-hydroxylation sites is 1. The van der Waals surface area contributed by atoms with E-state index < -0.39 is 0 Å². The van der Waals surface area contributed by atoms with Gasteiger partial charge in [-0.1, -0.05) is 132 Å². The summed E-state index contributed by atoms with van der Waals surface area (Å²) >= 11 is 1.92. The molecule has 0 amide bonds. The zero-order chi connectivity index (χ0) is 43.2. The molecule has 0 bridgehead atoms. The molecule has 8 aromatic carbocycles. The summed E-state index contributed by atoms with van der Waals surface area (Å²) in [7, 11) is 0.741. The van der Waals surface area contributed by atoms with Crippen LogP contribution in [0.4, 0.5) is 11.4 Å². The molecule has 13 rings (SSSR count). The molecule has 1 aliphatic heterocycles. The predicted molar refractivity (Wildman–Crippen MR) is 275 cm³/mol. The van der Waals surface area contributed by atoms with Crippen LogP contribution >= 0.6 is 11.3 Å². The van der Waals surface area contributed by atoms with Crippen molar-refractivity contribution in [3.8, 4) is 27.9 Å². The molecule has 1 N–H and O–H groups in total. The first-order valence-electron chi connectivity index (χ1n) is 22.4. The lowest BCUT2D eigenvalue weighted by atomic mass is 9.58. The minimum absolute atomic E-state index is 0.0231. The summed E-state index contributed by atoms with van der Waals surface area (Å²) in [6, 6.07) is 53.5. The van der Waals surface area contributed by atoms with Crippen LogP contribution in [0.1, 0.15) is 52.7 Å².